The van der Waals surface area contributed by atoms with E-state index in [1.165, 1.54) is 6.92 Å². The third-order valence-corrected chi connectivity index (χ3v) is 2.05. The van der Waals surface area contributed by atoms with Crippen LogP contribution in [0.25, 0.3) is 0 Å². The molecule has 2 atom stereocenters. The van der Waals surface area contributed by atoms with Gasteiger partial charge in [0.25, 0.3) is 0 Å². The van der Waals surface area contributed by atoms with Gasteiger partial charge in [-0.15, -0.1) is 0 Å². The van der Waals surface area contributed by atoms with Crippen LogP contribution < -0.4 is 5.32 Å². The van der Waals surface area contributed by atoms with Gasteiger partial charge in [-0.1, -0.05) is 30.3 Å². The molecule has 0 fully saturated rings. The fourth-order valence-electron chi connectivity index (χ4n) is 1.34. The molecule has 1 amide bonds. The van der Waals surface area contributed by atoms with Crippen molar-refractivity contribution < 1.29 is 9.90 Å². The van der Waals surface area contributed by atoms with Crippen LogP contribution in [0.1, 0.15) is 25.5 Å². The monoisotopic (exact) mass is 193 g/mol. The van der Waals surface area contributed by atoms with Gasteiger partial charge in [-0.25, -0.2) is 0 Å². The number of benzene rings is 1. The molecule has 0 saturated heterocycles. The lowest BCUT2D eigenvalue weighted by molar-refractivity contribution is -0.120. The Morgan fingerprint density at radius 1 is 1.36 bits per heavy atom. The summed E-state index contributed by atoms with van der Waals surface area (Å²) in [5, 5.41) is 12.5. The number of hydrogen-bond donors (Lipinski definition) is 2. The summed E-state index contributed by atoms with van der Waals surface area (Å²) >= 11 is 0. The lowest BCUT2D eigenvalue weighted by Crippen LogP contribution is -2.35. The maximum Gasteiger partial charge on any atom is 0.217 e. The number of nitrogens with one attached hydrogen (secondary N) is 1. The first kappa shape index (κ1) is 10.7. The molecule has 1 aromatic rings. The van der Waals surface area contributed by atoms with E-state index in [0.717, 1.165) is 5.56 Å². The average molecular weight is 193 g/mol. The summed E-state index contributed by atoms with van der Waals surface area (Å²) in [5.74, 6) is -0.132. The van der Waals surface area contributed by atoms with Crippen LogP contribution in [-0.4, -0.2) is 17.1 Å². The Morgan fingerprint density at radius 3 is 2.43 bits per heavy atom. The topological polar surface area (TPSA) is 49.3 Å². The van der Waals surface area contributed by atoms with Crippen LogP contribution in [0.3, 0.4) is 0 Å². The quantitative estimate of drug-likeness (QED) is 0.759. The van der Waals surface area contributed by atoms with Crippen molar-refractivity contribution in [3.8, 4) is 0 Å². The van der Waals surface area contributed by atoms with E-state index in [-0.39, 0.29) is 11.9 Å². The van der Waals surface area contributed by atoms with E-state index in [9.17, 15) is 9.90 Å². The van der Waals surface area contributed by atoms with Crippen molar-refractivity contribution in [1.29, 1.82) is 0 Å². The van der Waals surface area contributed by atoms with E-state index in [0.29, 0.717) is 0 Å². The van der Waals surface area contributed by atoms with Gasteiger partial charge in [-0.05, 0) is 12.5 Å². The van der Waals surface area contributed by atoms with Crippen molar-refractivity contribution in [1.82, 2.24) is 5.32 Å². The first-order chi connectivity index (χ1) is 6.61. The van der Waals surface area contributed by atoms with Gasteiger partial charge in [0.15, 0.2) is 0 Å². The van der Waals surface area contributed by atoms with Crippen molar-refractivity contribution in [2.24, 2.45) is 0 Å². The highest BCUT2D eigenvalue weighted by molar-refractivity contribution is 5.73. The van der Waals surface area contributed by atoms with Crippen molar-refractivity contribution in [3.05, 3.63) is 35.9 Å². The van der Waals surface area contributed by atoms with E-state index in [4.69, 9.17) is 0 Å². The molecule has 3 heteroatoms. The molecule has 1 aromatic carbocycles. The molecule has 1 rings (SSSR count). The molecule has 0 radical (unpaired) electrons. The highest BCUT2D eigenvalue weighted by atomic mass is 16.3. The van der Waals surface area contributed by atoms with E-state index in [1.807, 2.05) is 30.3 Å². The van der Waals surface area contributed by atoms with Crippen LogP contribution in [-0.2, 0) is 4.79 Å². The van der Waals surface area contributed by atoms with Crippen LogP contribution in [0.5, 0.6) is 0 Å². The normalized spacial score (nSPS) is 14.5. The Balaban J connectivity index is 2.65. The minimum Gasteiger partial charge on any atom is -0.386 e. The summed E-state index contributed by atoms with van der Waals surface area (Å²) in [7, 11) is 0. The minimum absolute atomic E-state index is 0.132. The number of aliphatic hydroxyl groups excluding tert-OH is 1. The molecule has 0 spiro atoms. The first-order valence-electron chi connectivity index (χ1n) is 4.61. The van der Waals surface area contributed by atoms with Gasteiger partial charge in [0.2, 0.25) is 5.91 Å². The third kappa shape index (κ3) is 2.85. The second kappa shape index (κ2) is 4.77. The van der Waals surface area contributed by atoms with Crippen molar-refractivity contribution in [3.63, 3.8) is 0 Å². The van der Waals surface area contributed by atoms with Crippen molar-refractivity contribution in [2.75, 3.05) is 0 Å². The van der Waals surface area contributed by atoms with E-state index < -0.39 is 6.10 Å². The predicted molar refractivity (Wildman–Crippen MR) is 54.7 cm³/mol. The third-order valence-electron chi connectivity index (χ3n) is 2.05. The second-order valence-corrected chi connectivity index (χ2v) is 3.34. The SMILES string of the molecule is CC(=O)N[C@@H](C)[C@@H](O)c1ccccc1. The molecule has 0 aromatic heterocycles. The molecule has 0 heterocycles. The number of rotatable bonds is 3. The molecular weight excluding hydrogens is 178 g/mol. The van der Waals surface area contributed by atoms with Crippen molar-refractivity contribution >= 4 is 5.91 Å². The zero-order valence-electron chi connectivity index (χ0n) is 8.40. The maximum absolute atomic E-state index is 10.8. The predicted octanol–water partition coefficient (Wildman–Crippen LogP) is 1.24. The lowest BCUT2D eigenvalue weighted by Gasteiger charge is -2.19. The van der Waals surface area contributed by atoms with Crippen LogP contribution in [0.4, 0.5) is 0 Å². The Hall–Kier alpha value is -1.35. The highest BCUT2D eigenvalue weighted by Gasteiger charge is 2.16. The Kier molecular flexibility index (Phi) is 3.65. The van der Waals surface area contributed by atoms with Gasteiger partial charge in [0.1, 0.15) is 0 Å². The summed E-state index contributed by atoms with van der Waals surface area (Å²) < 4.78 is 0. The highest BCUT2D eigenvalue weighted by Crippen LogP contribution is 2.15. The molecule has 0 bridgehead atoms. The lowest BCUT2D eigenvalue weighted by atomic mass is 10.0. The number of aliphatic hydroxyl groups is 1. The number of carbonyl (C=O) groups excluding carboxylic acids is 1. The maximum atomic E-state index is 10.8. The van der Waals surface area contributed by atoms with Gasteiger partial charge in [-0.2, -0.15) is 0 Å². The van der Waals surface area contributed by atoms with Crippen LogP contribution in [0.2, 0.25) is 0 Å². The van der Waals surface area contributed by atoms with E-state index in [1.54, 1.807) is 6.92 Å². The summed E-state index contributed by atoms with van der Waals surface area (Å²) in [6.07, 6.45) is -0.653. The number of amides is 1. The number of hydrogen-bond acceptors (Lipinski definition) is 2. The standard InChI is InChI=1S/C11H15NO2/c1-8(12-9(2)13)11(14)10-6-4-3-5-7-10/h3-8,11,14H,1-2H3,(H,12,13)/t8-,11+/m0/s1. The summed E-state index contributed by atoms with van der Waals surface area (Å²) in [5.41, 5.74) is 0.814. The van der Waals surface area contributed by atoms with Gasteiger partial charge < -0.3 is 10.4 Å². The van der Waals surface area contributed by atoms with E-state index in [2.05, 4.69) is 5.32 Å². The summed E-state index contributed by atoms with van der Waals surface area (Å²) in [4.78, 5) is 10.8. The zero-order chi connectivity index (χ0) is 10.6. The van der Waals surface area contributed by atoms with Gasteiger partial charge in [-0.3, -0.25) is 4.79 Å². The molecule has 0 aliphatic rings. The Bertz CT molecular complexity index is 297. The molecule has 0 aliphatic heterocycles. The van der Waals surface area contributed by atoms with Crippen LogP contribution in [0.15, 0.2) is 30.3 Å². The molecule has 2 N–H and O–H groups in total. The van der Waals surface area contributed by atoms with Gasteiger partial charge in [0, 0.05) is 6.92 Å². The summed E-state index contributed by atoms with van der Waals surface area (Å²) in [6.45, 7) is 3.22. The van der Waals surface area contributed by atoms with Gasteiger partial charge in [0.05, 0.1) is 12.1 Å². The minimum atomic E-state index is -0.653. The Labute approximate surface area is 83.8 Å². The fraction of sp³-hybridized carbons (Fsp3) is 0.364. The van der Waals surface area contributed by atoms with Crippen LogP contribution in [0, 0.1) is 0 Å². The van der Waals surface area contributed by atoms with Crippen molar-refractivity contribution in [2.45, 2.75) is 26.0 Å². The van der Waals surface area contributed by atoms with Gasteiger partial charge >= 0.3 is 0 Å². The summed E-state index contributed by atoms with van der Waals surface area (Å²) in [6, 6.07) is 9.01. The van der Waals surface area contributed by atoms with E-state index >= 15 is 0 Å². The van der Waals surface area contributed by atoms with Crippen LogP contribution >= 0.6 is 0 Å². The zero-order valence-corrected chi connectivity index (χ0v) is 8.40. The molecule has 3 nitrogen and oxygen atoms in total. The number of carbonyl (C=O) groups is 1. The fourth-order valence-corrected chi connectivity index (χ4v) is 1.34. The first-order valence-corrected chi connectivity index (χ1v) is 4.61. The molecule has 0 saturated carbocycles. The molecule has 0 unspecified atom stereocenters. The second-order valence-electron chi connectivity index (χ2n) is 3.34. The molecule has 0 aliphatic carbocycles. The largest absolute Gasteiger partial charge is 0.386 e. The smallest absolute Gasteiger partial charge is 0.217 e. The Morgan fingerprint density at radius 2 is 1.93 bits per heavy atom. The molecule has 76 valence electrons. The molecular formula is C11H15NO2. The average Bonchev–Trinajstić information content (AvgIpc) is 2.17. The molecule has 14 heavy (non-hydrogen) atoms.